The summed E-state index contributed by atoms with van der Waals surface area (Å²) in [6.45, 7) is 0. The Hall–Kier alpha value is -2.67. The number of carbonyl (C=O) groups excluding carboxylic acids is 1. The summed E-state index contributed by atoms with van der Waals surface area (Å²) in [6.07, 6.45) is 1.76. The molecule has 0 aliphatic heterocycles. The van der Waals surface area contributed by atoms with Crippen LogP contribution in [0, 0.1) is 0 Å². The fourth-order valence-corrected chi connectivity index (χ4v) is 2.91. The van der Waals surface area contributed by atoms with Crippen LogP contribution >= 0.6 is 0 Å². The molecule has 0 spiro atoms. The first kappa shape index (κ1) is 11.2. The van der Waals surface area contributed by atoms with Crippen LogP contribution in [-0.2, 0) is 0 Å². The van der Waals surface area contributed by atoms with E-state index in [9.17, 15) is 4.79 Å². The Bertz CT molecular complexity index is 852. The van der Waals surface area contributed by atoms with Gasteiger partial charge >= 0.3 is 0 Å². The van der Waals surface area contributed by atoms with Gasteiger partial charge in [-0.3, -0.25) is 4.79 Å². The highest BCUT2D eigenvalue weighted by molar-refractivity contribution is 6.23. The molecule has 1 heteroatoms. The molecule has 20 heavy (non-hydrogen) atoms. The van der Waals surface area contributed by atoms with Crippen LogP contribution in [0.25, 0.3) is 16.3 Å². The maximum absolute atomic E-state index is 12.4. The Morgan fingerprint density at radius 3 is 2.10 bits per heavy atom. The lowest BCUT2D eigenvalue weighted by atomic mass is 9.85. The molecule has 0 N–H and O–H groups in total. The molecule has 0 fully saturated rings. The fourth-order valence-electron chi connectivity index (χ4n) is 2.91. The van der Waals surface area contributed by atoms with Crippen molar-refractivity contribution in [3.8, 4) is 0 Å². The molecular formula is C19H12O. The zero-order chi connectivity index (χ0) is 13.5. The van der Waals surface area contributed by atoms with Crippen molar-refractivity contribution in [2.45, 2.75) is 0 Å². The maximum atomic E-state index is 12.4. The van der Waals surface area contributed by atoms with Crippen molar-refractivity contribution in [2.24, 2.45) is 0 Å². The Kier molecular flexibility index (Phi) is 2.33. The summed E-state index contributed by atoms with van der Waals surface area (Å²) in [5, 5.41) is 2.19. The van der Waals surface area contributed by atoms with Crippen LogP contribution in [0.3, 0.4) is 0 Å². The molecule has 0 aromatic heterocycles. The zero-order valence-electron chi connectivity index (χ0n) is 10.8. The predicted octanol–water partition coefficient (Wildman–Crippen LogP) is 4.47. The van der Waals surface area contributed by atoms with Crippen molar-refractivity contribution in [1.29, 1.82) is 0 Å². The van der Waals surface area contributed by atoms with Crippen molar-refractivity contribution in [1.82, 2.24) is 0 Å². The lowest BCUT2D eigenvalue weighted by Crippen LogP contribution is -2.06. The number of carbonyl (C=O) groups is 1. The van der Waals surface area contributed by atoms with Crippen LogP contribution in [0.2, 0.25) is 0 Å². The highest BCUT2D eigenvalue weighted by Gasteiger charge is 2.20. The van der Waals surface area contributed by atoms with Crippen LogP contribution in [0.1, 0.15) is 21.5 Å². The average molecular weight is 256 g/mol. The second-order valence-electron chi connectivity index (χ2n) is 5.00. The number of rotatable bonds is 1. The normalized spacial score (nSPS) is 13.4. The molecule has 0 saturated carbocycles. The number of hydrogen-bond acceptors (Lipinski definition) is 1. The van der Waals surface area contributed by atoms with Crippen molar-refractivity contribution < 1.29 is 4.79 Å². The van der Waals surface area contributed by atoms with Gasteiger partial charge in [-0.1, -0.05) is 66.7 Å². The average Bonchev–Trinajstić information content (AvgIpc) is 2.52. The Labute approximate surface area is 117 Å². The van der Waals surface area contributed by atoms with Crippen LogP contribution in [0.4, 0.5) is 0 Å². The van der Waals surface area contributed by atoms with Crippen molar-refractivity contribution in [2.75, 3.05) is 0 Å². The van der Waals surface area contributed by atoms with Gasteiger partial charge in [0.05, 0.1) is 0 Å². The van der Waals surface area contributed by atoms with E-state index in [0.29, 0.717) is 0 Å². The molecule has 0 bridgehead atoms. The molecule has 0 unspecified atom stereocenters. The molecule has 0 heterocycles. The monoisotopic (exact) mass is 256 g/mol. The zero-order valence-corrected chi connectivity index (χ0v) is 10.8. The molecule has 0 saturated heterocycles. The standard InChI is InChI=1S/C19H12O/c20-18-12-17(13-6-2-1-3-7-13)15-10-4-8-14-9-5-11-16(18)19(14)15/h1-12H. The molecule has 1 nitrogen and oxygen atoms in total. The first-order chi connectivity index (χ1) is 9.84. The molecule has 94 valence electrons. The van der Waals surface area contributed by atoms with Crippen molar-refractivity contribution in [3.63, 3.8) is 0 Å². The van der Waals surface area contributed by atoms with Crippen LogP contribution in [0.5, 0.6) is 0 Å². The van der Waals surface area contributed by atoms with Crippen LogP contribution < -0.4 is 0 Å². The number of benzene rings is 3. The first-order valence-electron chi connectivity index (χ1n) is 6.68. The number of allylic oxidation sites excluding steroid dienone is 1. The molecule has 4 rings (SSSR count). The molecule has 0 atom stereocenters. The summed E-state index contributed by atoms with van der Waals surface area (Å²) in [5.41, 5.74) is 4.05. The quantitative estimate of drug-likeness (QED) is 0.628. The van der Waals surface area contributed by atoms with Crippen molar-refractivity contribution in [3.05, 3.63) is 89.5 Å². The molecule has 1 aliphatic rings. The molecule has 0 radical (unpaired) electrons. The third kappa shape index (κ3) is 1.53. The highest BCUT2D eigenvalue weighted by Crippen LogP contribution is 2.36. The molecule has 1 aliphatic carbocycles. The van der Waals surface area contributed by atoms with E-state index in [2.05, 4.69) is 18.2 Å². The van der Waals surface area contributed by atoms with Crippen LogP contribution in [0.15, 0.2) is 72.8 Å². The molecule has 0 amide bonds. The third-order valence-electron chi connectivity index (χ3n) is 3.82. The van der Waals surface area contributed by atoms with E-state index in [-0.39, 0.29) is 5.78 Å². The highest BCUT2D eigenvalue weighted by atomic mass is 16.1. The minimum atomic E-state index is 0.0909. The minimum absolute atomic E-state index is 0.0909. The van der Waals surface area contributed by atoms with Gasteiger partial charge in [-0.25, -0.2) is 0 Å². The van der Waals surface area contributed by atoms with E-state index in [1.807, 2.05) is 48.5 Å². The largest absolute Gasteiger partial charge is 0.289 e. The molecular weight excluding hydrogens is 244 g/mol. The van der Waals surface area contributed by atoms with Gasteiger partial charge in [-0.2, -0.15) is 0 Å². The van der Waals surface area contributed by atoms with Crippen molar-refractivity contribution >= 4 is 22.1 Å². The number of hydrogen-bond donors (Lipinski definition) is 0. The summed E-state index contributed by atoms with van der Waals surface area (Å²) < 4.78 is 0. The van der Waals surface area contributed by atoms with Gasteiger partial charge in [-0.05, 0) is 28.2 Å². The second kappa shape index (κ2) is 4.17. The fraction of sp³-hybridized carbons (Fsp3) is 0. The summed E-state index contributed by atoms with van der Waals surface area (Å²) in [6, 6.07) is 22.2. The van der Waals surface area contributed by atoms with Gasteiger partial charge in [0.15, 0.2) is 5.78 Å². The third-order valence-corrected chi connectivity index (χ3v) is 3.82. The summed E-state index contributed by atoms with van der Waals surface area (Å²) in [5.74, 6) is 0.0909. The van der Waals surface area contributed by atoms with E-state index in [0.717, 1.165) is 33.0 Å². The van der Waals surface area contributed by atoms with E-state index in [1.165, 1.54) is 0 Å². The maximum Gasteiger partial charge on any atom is 0.187 e. The van der Waals surface area contributed by atoms with Gasteiger partial charge in [0.2, 0.25) is 0 Å². The smallest absolute Gasteiger partial charge is 0.187 e. The van der Waals surface area contributed by atoms with Crippen LogP contribution in [-0.4, -0.2) is 5.78 Å². The molecule has 3 aromatic carbocycles. The number of ketones is 1. The lowest BCUT2D eigenvalue weighted by molar-refractivity contribution is 0.104. The lowest BCUT2D eigenvalue weighted by Gasteiger charge is -2.18. The SMILES string of the molecule is O=C1C=C(c2ccccc2)c2cccc3cccc1c23. The van der Waals surface area contributed by atoms with Gasteiger partial charge in [-0.15, -0.1) is 0 Å². The van der Waals surface area contributed by atoms with E-state index >= 15 is 0 Å². The molecule has 3 aromatic rings. The predicted molar refractivity (Wildman–Crippen MR) is 81.8 cm³/mol. The van der Waals surface area contributed by atoms with Gasteiger partial charge in [0, 0.05) is 10.9 Å². The Morgan fingerprint density at radius 2 is 1.35 bits per heavy atom. The van der Waals surface area contributed by atoms with E-state index < -0.39 is 0 Å². The summed E-state index contributed by atoms with van der Waals surface area (Å²) in [7, 11) is 0. The summed E-state index contributed by atoms with van der Waals surface area (Å²) >= 11 is 0. The summed E-state index contributed by atoms with van der Waals surface area (Å²) in [4.78, 5) is 12.4. The van der Waals surface area contributed by atoms with Gasteiger partial charge in [0.1, 0.15) is 0 Å². The van der Waals surface area contributed by atoms with Gasteiger partial charge in [0.25, 0.3) is 0 Å². The topological polar surface area (TPSA) is 17.1 Å². The van der Waals surface area contributed by atoms with E-state index in [1.54, 1.807) is 6.08 Å². The first-order valence-corrected chi connectivity index (χ1v) is 6.68. The van der Waals surface area contributed by atoms with Gasteiger partial charge < -0.3 is 0 Å². The Morgan fingerprint density at radius 1 is 0.650 bits per heavy atom. The van der Waals surface area contributed by atoms with E-state index in [4.69, 9.17) is 0 Å². The second-order valence-corrected chi connectivity index (χ2v) is 5.00. The minimum Gasteiger partial charge on any atom is -0.289 e. The Balaban J connectivity index is 2.09.